The first-order chi connectivity index (χ1) is 15.1. The number of hydrogen-bond acceptors (Lipinski definition) is 7. The van der Waals surface area contributed by atoms with Crippen LogP contribution in [0, 0.1) is 0 Å². The summed E-state index contributed by atoms with van der Waals surface area (Å²) in [6.45, 7) is 1.53. The fraction of sp³-hybridized carbons (Fsp3) is 0.429. The van der Waals surface area contributed by atoms with Crippen LogP contribution in [0.25, 0.3) is 5.65 Å². The van der Waals surface area contributed by atoms with Crippen LogP contribution in [0.4, 0.5) is 11.5 Å². The maximum atomic E-state index is 12.8. The molecule has 0 radical (unpaired) electrons. The van der Waals surface area contributed by atoms with Gasteiger partial charge in [-0.15, -0.1) is 5.10 Å². The Balaban J connectivity index is 1.57. The van der Waals surface area contributed by atoms with E-state index in [0.29, 0.717) is 28.7 Å². The summed E-state index contributed by atoms with van der Waals surface area (Å²) >= 11 is 0. The summed E-state index contributed by atoms with van der Waals surface area (Å²) < 4.78 is 13.1. The summed E-state index contributed by atoms with van der Waals surface area (Å²) in [5.41, 5.74) is 0.562. The number of nitrogens with one attached hydrogen (secondary N) is 1. The molecule has 10 nitrogen and oxygen atoms in total. The highest BCUT2D eigenvalue weighted by molar-refractivity contribution is 5.92. The Kier molecular flexibility index (Phi) is 6.06. The summed E-state index contributed by atoms with van der Waals surface area (Å²) in [7, 11) is 3.06. The summed E-state index contributed by atoms with van der Waals surface area (Å²) in [6.07, 6.45) is 7.72. The zero-order valence-corrected chi connectivity index (χ0v) is 17.7. The second kappa shape index (κ2) is 9.07. The van der Waals surface area contributed by atoms with Crippen LogP contribution < -0.4 is 25.4 Å². The topological polar surface area (TPSA) is 103 Å². The third kappa shape index (κ3) is 4.32. The van der Waals surface area contributed by atoms with E-state index < -0.39 is 5.91 Å². The van der Waals surface area contributed by atoms with Gasteiger partial charge in [-0.05, 0) is 25.0 Å². The van der Waals surface area contributed by atoms with Gasteiger partial charge in [0.15, 0.2) is 5.82 Å². The molecule has 1 aliphatic rings. The summed E-state index contributed by atoms with van der Waals surface area (Å²) in [4.78, 5) is 32.1. The number of amides is 1. The van der Waals surface area contributed by atoms with Gasteiger partial charge < -0.3 is 19.7 Å². The fourth-order valence-corrected chi connectivity index (χ4v) is 3.77. The van der Waals surface area contributed by atoms with Crippen molar-refractivity contribution >= 4 is 23.1 Å². The number of carbonyl (C=O) groups excluding carboxylic acids is 1. The third-order valence-electron chi connectivity index (χ3n) is 5.36. The Bertz CT molecular complexity index is 1130. The second-order valence-corrected chi connectivity index (χ2v) is 7.40. The second-order valence-electron chi connectivity index (χ2n) is 7.40. The van der Waals surface area contributed by atoms with E-state index in [1.165, 1.54) is 24.4 Å². The number of rotatable bonds is 6. The number of anilines is 2. The number of carbonyl (C=O) groups is 1. The van der Waals surface area contributed by atoms with Crippen LogP contribution in [0.2, 0.25) is 0 Å². The zero-order chi connectivity index (χ0) is 21.8. The molecule has 1 amide bonds. The number of aromatic nitrogens is 4. The van der Waals surface area contributed by atoms with E-state index in [1.807, 2.05) is 0 Å². The number of benzene rings is 1. The molecule has 10 heteroatoms. The Hall–Kier alpha value is -3.56. The van der Waals surface area contributed by atoms with Crippen molar-refractivity contribution in [3.05, 3.63) is 41.1 Å². The number of methoxy groups -OCH3 is 2. The van der Waals surface area contributed by atoms with Crippen molar-refractivity contribution in [3.8, 4) is 11.5 Å². The molecule has 0 saturated carbocycles. The van der Waals surface area contributed by atoms with Crippen LogP contribution >= 0.6 is 0 Å². The van der Waals surface area contributed by atoms with Crippen molar-refractivity contribution in [1.82, 2.24) is 19.2 Å². The lowest BCUT2D eigenvalue weighted by atomic mass is 10.2. The van der Waals surface area contributed by atoms with Gasteiger partial charge in [-0.1, -0.05) is 12.8 Å². The van der Waals surface area contributed by atoms with Gasteiger partial charge in [0.25, 0.3) is 0 Å². The maximum absolute atomic E-state index is 12.8. The molecule has 4 rings (SSSR count). The van der Waals surface area contributed by atoms with Gasteiger partial charge >= 0.3 is 5.69 Å². The molecule has 1 saturated heterocycles. The molecular weight excluding hydrogens is 400 g/mol. The van der Waals surface area contributed by atoms with Gasteiger partial charge in [0.2, 0.25) is 11.6 Å². The molecule has 0 atom stereocenters. The molecule has 1 N–H and O–H groups in total. The number of nitrogens with zero attached hydrogens (tertiary/aromatic N) is 5. The van der Waals surface area contributed by atoms with Gasteiger partial charge in [-0.2, -0.15) is 0 Å². The summed E-state index contributed by atoms with van der Waals surface area (Å²) in [5.74, 6) is 1.36. The van der Waals surface area contributed by atoms with Crippen molar-refractivity contribution in [3.63, 3.8) is 0 Å². The van der Waals surface area contributed by atoms with Crippen molar-refractivity contribution in [2.45, 2.75) is 32.2 Å². The molecule has 3 heterocycles. The summed E-state index contributed by atoms with van der Waals surface area (Å²) in [6, 6.07) is 5.07. The third-order valence-corrected chi connectivity index (χ3v) is 5.36. The lowest BCUT2D eigenvalue weighted by molar-refractivity contribution is -0.117. The van der Waals surface area contributed by atoms with Gasteiger partial charge in [0.05, 0.1) is 19.9 Å². The number of ether oxygens (including phenoxy) is 2. The first-order valence-corrected chi connectivity index (χ1v) is 10.3. The van der Waals surface area contributed by atoms with Gasteiger partial charge in [-0.3, -0.25) is 4.79 Å². The van der Waals surface area contributed by atoms with Gasteiger partial charge in [0, 0.05) is 31.5 Å². The SMILES string of the molecule is COc1ccc(NC(=O)Cn2nc3c(N4CCCCCC4)nccn3c2=O)c(OC)c1. The smallest absolute Gasteiger partial charge is 0.350 e. The molecule has 0 unspecified atom stereocenters. The summed E-state index contributed by atoms with van der Waals surface area (Å²) in [5, 5.41) is 7.19. The monoisotopic (exact) mass is 426 g/mol. The largest absolute Gasteiger partial charge is 0.497 e. The van der Waals surface area contributed by atoms with E-state index in [0.717, 1.165) is 30.6 Å². The highest BCUT2D eigenvalue weighted by atomic mass is 16.5. The Morgan fingerprint density at radius 2 is 1.90 bits per heavy atom. The average Bonchev–Trinajstić information content (AvgIpc) is 2.96. The molecule has 0 bridgehead atoms. The molecule has 0 spiro atoms. The predicted octanol–water partition coefficient (Wildman–Crippen LogP) is 1.93. The lowest BCUT2D eigenvalue weighted by Gasteiger charge is -2.21. The van der Waals surface area contributed by atoms with Crippen LogP contribution in [0.15, 0.2) is 35.4 Å². The molecule has 0 aliphatic carbocycles. The van der Waals surface area contributed by atoms with E-state index in [4.69, 9.17) is 9.47 Å². The van der Waals surface area contributed by atoms with E-state index >= 15 is 0 Å². The van der Waals surface area contributed by atoms with Crippen molar-refractivity contribution in [1.29, 1.82) is 0 Å². The molecule has 164 valence electrons. The highest BCUT2D eigenvalue weighted by Gasteiger charge is 2.19. The minimum Gasteiger partial charge on any atom is -0.497 e. The van der Waals surface area contributed by atoms with Crippen molar-refractivity contribution in [2.24, 2.45) is 0 Å². The van der Waals surface area contributed by atoms with Crippen molar-refractivity contribution in [2.75, 3.05) is 37.5 Å². The van der Waals surface area contributed by atoms with Crippen LogP contribution in [0.3, 0.4) is 0 Å². The molecule has 1 aliphatic heterocycles. The predicted molar refractivity (Wildman–Crippen MR) is 116 cm³/mol. The standard InChI is InChI=1S/C21H26N6O4/c1-30-15-7-8-16(17(13-15)31-2)23-18(28)14-27-21(29)26-12-9-22-19(20(26)24-27)25-10-5-3-4-6-11-25/h7-9,12-13H,3-6,10-11,14H2,1-2H3,(H,23,28). The first-order valence-electron chi connectivity index (χ1n) is 10.3. The Morgan fingerprint density at radius 3 is 2.61 bits per heavy atom. The average molecular weight is 426 g/mol. The molecule has 1 aromatic carbocycles. The molecular formula is C21H26N6O4. The number of fused-ring (bicyclic) bond motifs is 1. The lowest BCUT2D eigenvalue weighted by Crippen LogP contribution is -2.28. The Morgan fingerprint density at radius 1 is 1.13 bits per heavy atom. The van der Waals surface area contributed by atoms with Crippen LogP contribution in [0.5, 0.6) is 11.5 Å². The Labute approximate surface area is 179 Å². The molecule has 31 heavy (non-hydrogen) atoms. The zero-order valence-electron chi connectivity index (χ0n) is 17.7. The highest BCUT2D eigenvalue weighted by Crippen LogP contribution is 2.29. The first kappa shape index (κ1) is 20.7. The van der Waals surface area contributed by atoms with Gasteiger partial charge in [0.1, 0.15) is 18.0 Å². The molecule has 2 aromatic heterocycles. The number of hydrogen-bond donors (Lipinski definition) is 1. The maximum Gasteiger partial charge on any atom is 0.350 e. The van der Waals surface area contributed by atoms with Crippen LogP contribution in [0.1, 0.15) is 25.7 Å². The minimum absolute atomic E-state index is 0.227. The normalized spacial score (nSPS) is 14.3. The molecule has 3 aromatic rings. The van der Waals surface area contributed by atoms with Crippen LogP contribution in [-0.4, -0.2) is 52.4 Å². The van der Waals surface area contributed by atoms with E-state index in [2.05, 4.69) is 20.3 Å². The van der Waals surface area contributed by atoms with Gasteiger partial charge in [-0.25, -0.2) is 18.9 Å². The van der Waals surface area contributed by atoms with Crippen molar-refractivity contribution < 1.29 is 14.3 Å². The fourth-order valence-electron chi connectivity index (χ4n) is 3.77. The molecule has 1 fully saturated rings. The minimum atomic E-state index is -0.391. The van der Waals surface area contributed by atoms with E-state index in [9.17, 15) is 9.59 Å². The quantitative estimate of drug-likeness (QED) is 0.642. The van der Waals surface area contributed by atoms with E-state index in [1.54, 1.807) is 37.7 Å². The van der Waals surface area contributed by atoms with Crippen LogP contribution in [-0.2, 0) is 11.3 Å². The van der Waals surface area contributed by atoms with E-state index in [-0.39, 0.29) is 12.2 Å².